The minimum absolute atomic E-state index is 0.457. The van der Waals surface area contributed by atoms with E-state index in [0.717, 1.165) is 27.5 Å². The summed E-state index contributed by atoms with van der Waals surface area (Å²) < 4.78 is 0. The molecule has 0 unspecified atom stereocenters. The molecule has 1 spiro atoms. The van der Waals surface area contributed by atoms with Gasteiger partial charge >= 0.3 is 0 Å². The van der Waals surface area contributed by atoms with E-state index >= 15 is 0 Å². The van der Waals surface area contributed by atoms with Gasteiger partial charge in [-0.05, 0) is 130 Å². The van der Waals surface area contributed by atoms with Crippen LogP contribution < -0.4 is 0 Å². The summed E-state index contributed by atoms with van der Waals surface area (Å²) in [7, 11) is 0. The maximum absolute atomic E-state index is 5.57. The van der Waals surface area contributed by atoms with E-state index in [1.165, 1.54) is 103 Å². The van der Waals surface area contributed by atoms with E-state index in [4.69, 9.17) is 4.98 Å². The van der Waals surface area contributed by atoms with Gasteiger partial charge in [0.05, 0.1) is 16.6 Å². The maximum atomic E-state index is 5.57. The Morgan fingerprint density at radius 1 is 0.288 bits per heavy atom. The monoisotopic (exact) mass is 853 g/mol. The third-order valence-corrected chi connectivity index (χ3v) is 15.5. The first kappa shape index (κ1) is 37.3. The van der Waals surface area contributed by atoms with Gasteiger partial charge in [0.15, 0.2) is 0 Å². The fourth-order valence-electron chi connectivity index (χ4n) is 11.5. The average molecular weight is 854 g/mol. The molecule has 1 aliphatic carbocycles. The molecule has 306 valence electrons. The highest BCUT2D eigenvalue weighted by Crippen LogP contribution is 2.63. The number of fused-ring (bicyclic) bond motifs is 14. The van der Waals surface area contributed by atoms with Crippen molar-refractivity contribution in [3.8, 4) is 55.8 Å². The van der Waals surface area contributed by atoms with Gasteiger partial charge in [0.25, 0.3) is 0 Å². The molecule has 1 aliphatic heterocycles. The molecule has 0 N–H and O–H groups in total. The SMILES string of the molecule is c1ccc(-c2ccc(-c3c4ccccc4c(-c4cccc(-c5nc6ccccc6c6cc7c(cc56)-c5ccccc5C75c6ccccc6Sc6ccccc65)c4)c4ccccc34)cc2)cc1. The molecule has 12 aromatic rings. The summed E-state index contributed by atoms with van der Waals surface area (Å²) in [5.74, 6) is 0. The second kappa shape index (κ2) is 14.5. The van der Waals surface area contributed by atoms with Crippen molar-refractivity contribution in [2.45, 2.75) is 15.2 Å². The van der Waals surface area contributed by atoms with Gasteiger partial charge in [-0.15, -0.1) is 0 Å². The zero-order valence-corrected chi connectivity index (χ0v) is 36.7. The van der Waals surface area contributed by atoms with Crippen molar-refractivity contribution in [1.82, 2.24) is 4.98 Å². The standard InChI is InChI=1S/C64H39NS/c1-2-17-40(18-3-1)41-33-35-42(36-34-41)61-47-23-4-6-25-49(47)62(50-26-7-5-24-48(50)61)43-19-16-20-44(37-43)63-53-38-52-45-21-8-10-27-54(45)64(57(52)39-51(53)46-22-9-13-30-58(46)65-63)55-28-11-14-31-59(55)66-60-32-15-12-29-56(60)64/h1-39H. The lowest BCUT2D eigenvalue weighted by atomic mass is 9.67. The zero-order valence-electron chi connectivity index (χ0n) is 35.9. The van der Waals surface area contributed by atoms with Crippen LogP contribution in [0.2, 0.25) is 0 Å². The van der Waals surface area contributed by atoms with E-state index in [0.29, 0.717) is 0 Å². The normalized spacial score (nSPS) is 13.2. The molecule has 0 bridgehead atoms. The van der Waals surface area contributed by atoms with E-state index in [1.807, 2.05) is 11.8 Å². The quantitative estimate of drug-likeness (QED) is 0.129. The molecule has 2 heteroatoms. The van der Waals surface area contributed by atoms with Gasteiger partial charge in [-0.2, -0.15) is 0 Å². The van der Waals surface area contributed by atoms with Crippen LogP contribution in [0.25, 0.3) is 99.0 Å². The number of nitrogens with zero attached hydrogens (tertiary/aromatic N) is 1. The highest BCUT2D eigenvalue weighted by Gasteiger charge is 2.50. The van der Waals surface area contributed by atoms with Crippen LogP contribution in [0, 0.1) is 0 Å². The van der Waals surface area contributed by atoms with E-state index in [2.05, 4.69) is 237 Å². The largest absolute Gasteiger partial charge is 0.247 e. The van der Waals surface area contributed by atoms with Gasteiger partial charge in [-0.3, -0.25) is 0 Å². The summed E-state index contributed by atoms with van der Waals surface area (Å²) in [6, 6.07) is 87.6. The van der Waals surface area contributed by atoms with Crippen LogP contribution in [0.4, 0.5) is 0 Å². The Morgan fingerprint density at radius 3 is 1.47 bits per heavy atom. The third kappa shape index (κ3) is 5.34. The fraction of sp³-hybridized carbons (Fsp3) is 0.0156. The van der Waals surface area contributed by atoms with E-state index in [1.54, 1.807) is 0 Å². The summed E-state index contributed by atoms with van der Waals surface area (Å²) in [6.45, 7) is 0. The first-order valence-electron chi connectivity index (χ1n) is 22.8. The molecule has 1 nitrogen and oxygen atoms in total. The highest BCUT2D eigenvalue weighted by atomic mass is 32.2. The number of aromatic nitrogens is 1. The number of para-hydroxylation sites is 1. The Morgan fingerprint density at radius 2 is 0.788 bits per heavy atom. The van der Waals surface area contributed by atoms with Crippen LogP contribution in [0.5, 0.6) is 0 Å². The number of rotatable bonds is 4. The fourth-order valence-corrected chi connectivity index (χ4v) is 12.7. The van der Waals surface area contributed by atoms with Crippen molar-refractivity contribution in [2.75, 3.05) is 0 Å². The second-order valence-corrected chi connectivity index (χ2v) is 18.8. The Hall–Kier alpha value is -8.04. The van der Waals surface area contributed by atoms with Gasteiger partial charge in [-0.1, -0.05) is 212 Å². The minimum atomic E-state index is -0.457. The molecule has 2 aliphatic rings. The molecule has 2 heterocycles. The number of pyridine rings is 1. The second-order valence-electron chi connectivity index (χ2n) is 17.7. The topological polar surface area (TPSA) is 12.9 Å². The lowest BCUT2D eigenvalue weighted by Gasteiger charge is -2.39. The molecule has 0 atom stereocenters. The van der Waals surface area contributed by atoms with E-state index in [9.17, 15) is 0 Å². The van der Waals surface area contributed by atoms with Gasteiger partial charge in [0, 0.05) is 26.1 Å². The first-order valence-corrected chi connectivity index (χ1v) is 23.6. The zero-order chi connectivity index (χ0) is 43.3. The van der Waals surface area contributed by atoms with Gasteiger partial charge in [-0.25, -0.2) is 4.98 Å². The molecule has 0 amide bonds. The van der Waals surface area contributed by atoms with Gasteiger partial charge in [0.2, 0.25) is 0 Å². The average Bonchev–Trinajstić information content (AvgIpc) is 3.67. The Bertz CT molecular complexity index is 3860. The van der Waals surface area contributed by atoms with Crippen LogP contribution in [-0.2, 0) is 5.41 Å². The van der Waals surface area contributed by atoms with Crippen molar-refractivity contribution in [3.63, 3.8) is 0 Å². The highest BCUT2D eigenvalue weighted by molar-refractivity contribution is 7.99. The molecule has 14 rings (SSSR count). The summed E-state index contributed by atoms with van der Waals surface area (Å²) in [5, 5.41) is 8.50. The van der Waals surface area contributed by atoms with Crippen LogP contribution in [0.15, 0.2) is 246 Å². The van der Waals surface area contributed by atoms with Gasteiger partial charge < -0.3 is 0 Å². The maximum Gasteiger partial charge on any atom is 0.0788 e. The molecule has 66 heavy (non-hydrogen) atoms. The summed E-state index contributed by atoms with van der Waals surface area (Å²) in [5.41, 5.74) is 17.9. The van der Waals surface area contributed by atoms with Crippen molar-refractivity contribution < 1.29 is 0 Å². The van der Waals surface area contributed by atoms with Crippen molar-refractivity contribution in [1.29, 1.82) is 0 Å². The van der Waals surface area contributed by atoms with Crippen LogP contribution >= 0.6 is 11.8 Å². The van der Waals surface area contributed by atoms with Crippen molar-refractivity contribution >= 4 is 55.0 Å². The number of hydrogen-bond donors (Lipinski definition) is 0. The number of hydrogen-bond acceptors (Lipinski definition) is 2. The predicted molar refractivity (Wildman–Crippen MR) is 277 cm³/mol. The molecular formula is C64H39NS. The lowest BCUT2D eigenvalue weighted by molar-refractivity contribution is 0.723. The summed E-state index contributed by atoms with van der Waals surface area (Å²) in [6.07, 6.45) is 0. The van der Waals surface area contributed by atoms with Gasteiger partial charge in [0.1, 0.15) is 0 Å². The Balaban J connectivity index is 1.000. The van der Waals surface area contributed by atoms with Crippen LogP contribution in [0.1, 0.15) is 22.3 Å². The Labute approximate surface area is 387 Å². The molecular weight excluding hydrogens is 815 g/mol. The van der Waals surface area contributed by atoms with E-state index in [-0.39, 0.29) is 0 Å². The molecule has 0 radical (unpaired) electrons. The summed E-state index contributed by atoms with van der Waals surface area (Å²) >= 11 is 1.89. The van der Waals surface area contributed by atoms with Crippen LogP contribution in [0.3, 0.4) is 0 Å². The molecule has 0 saturated carbocycles. The van der Waals surface area contributed by atoms with Crippen molar-refractivity contribution in [2.24, 2.45) is 0 Å². The molecule has 1 aromatic heterocycles. The smallest absolute Gasteiger partial charge is 0.0788 e. The molecule has 0 saturated heterocycles. The van der Waals surface area contributed by atoms with Crippen LogP contribution in [-0.4, -0.2) is 4.98 Å². The Kier molecular flexibility index (Phi) is 8.20. The molecule has 11 aromatic carbocycles. The lowest BCUT2D eigenvalue weighted by Crippen LogP contribution is -2.31. The van der Waals surface area contributed by atoms with Crippen molar-refractivity contribution in [3.05, 3.63) is 259 Å². The first-order chi connectivity index (χ1) is 32.7. The summed E-state index contributed by atoms with van der Waals surface area (Å²) in [4.78, 5) is 8.19. The third-order valence-electron chi connectivity index (χ3n) is 14.3. The predicted octanol–water partition coefficient (Wildman–Crippen LogP) is 17.2. The minimum Gasteiger partial charge on any atom is -0.247 e. The van der Waals surface area contributed by atoms with E-state index < -0.39 is 5.41 Å². The number of benzene rings is 11. The molecule has 0 fully saturated rings.